The van der Waals surface area contributed by atoms with Crippen LogP contribution in [0.15, 0.2) is 0 Å². The Kier molecular flexibility index (Phi) is 8.15. The molecule has 8 heteroatoms. The first-order valence-electron chi connectivity index (χ1n) is 9.54. The van der Waals surface area contributed by atoms with Crippen LogP contribution in [0.25, 0.3) is 0 Å². The van der Waals surface area contributed by atoms with Crippen LogP contribution in [0, 0.1) is 11.8 Å². The number of hydrogen-bond donors (Lipinski definition) is 1. The van der Waals surface area contributed by atoms with Gasteiger partial charge in [-0.3, -0.25) is 9.59 Å². The van der Waals surface area contributed by atoms with E-state index in [0.29, 0.717) is 45.9 Å². The molecule has 26 heavy (non-hydrogen) atoms. The van der Waals surface area contributed by atoms with E-state index in [9.17, 15) is 14.4 Å². The fourth-order valence-electron chi connectivity index (χ4n) is 3.61. The molecule has 1 aliphatic carbocycles. The molecule has 1 saturated heterocycles. The van der Waals surface area contributed by atoms with Gasteiger partial charge in [-0.1, -0.05) is 0 Å². The Morgan fingerprint density at radius 1 is 0.962 bits per heavy atom. The number of nitrogens with one attached hydrogen (secondary N) is 1. The summed E-state index contributed by atoms with van der Waals surface area (Å²) in [6, 6.07) is 0. The average Bonchev–Trinajstić information content (AvgIpc) is 2.68. The molecule has 1 heterocycles. The Hall–Kier alpha value is -1.83. The summed E-state index contributed by atoms with van der Waals surface area (Å²) in [7, 11) is 1.61. The van der Waals surface area contributed by atoms with Crippen molar-refractivity contribution in [3.63, 3.8) is 0 Å². The number of rotatable bonds is 6. The number of amides is 3. The van der Waals surface area contributed by atoms with E-state index in [4.69, 9.17) is 9.47 Å². The molecule has 8 nitrogen and oxygen atoms in total. The third-order valence-corrected chi connectivity index (χ3v) is 5.17. The normalized spacial score (nSPS) is 23.5. The molecule has 0 aromatic rings. The Labute approximate surface area is 155 Å². The van der Waals surface area contributed by atoms with Crippen molar-refractivity contribution in [2.24, 2.45) is 11.8 Å². The summed E-state index contributed by atoms with van der Waals surface area (Å²) in [5, 5.41) is 2.88. The van der Waals surface area contributed by atoms with Gasteiger partial charge >= 0.3 is 6.09 Å². The van der Waals surface area contributed by atoms with Crippen LogP contribution in [0.3, 0.4) is 0 Å². The molecule has 0 aromatic carbocycles. The van der Waals surface area contributed by atoms with Gasteiger partial charge in [0.25, 0.3) is 0 Å². The van der Waals surface area contributed by atoms with E-state index in [-0.39, 0.29) is 29.7 Å². The molecule has 0 atom stereocenters. The highest BCUT2D eigenvalue weighted by Gasteiger charge is 2.33. The van der Waals surface area contributed by atoms with E-state index in [1.165, 1.54) is 0 Å². The molecule has 2 rings (SSSR count). The Morgan fingerprint density at radius 3 is 2.12 bits per heavy atom. The summed E-state index contributed by atoms with van der Waals surface area (Å²) in [5.74, 6) is 0.214. The first-order valence-corrected chi connectivity index (χ1v) is 9.54. The quantitative estimate of drug-likeness (QED) is 0.702. The van der Waals surface area contributed by atoms with Crippen molar-refractivity contribution in [2.75, 3.05) is 53.0 Å². The van der Waals surface area contributed by atoms with Crippen molar-refractivity contribution >= 4 is 17.9 Å². The number of methoxy groups -OCH3 is 1. The molecule has 3 amide bonds. The molecule has 0 bridgehead atoms. The highest BCUT2D eigenvalue weighted by molar-refractivity contribution is 5.81. The standard InChI is InChI=1S/C18H31N3O5/c1-3-26-18(24)21-11-9-20(10-12-21)17(23)15-6-4-14(5-7-15)16(22)19-8-13-25-2/h14-15H,3-13H2,1-2H3,(H,19,22). The maximum atomic E-state index is 12.7. The molecule has 1 saturated carbocycles. The number of nitrogens with zero attached hydrogens (tertiary/aromatic N) is 2. The second-order valence-electron chi connectivity index (χ2n) is 6.84. The molecule has 1 N–H and O–H groups in total. The predicted molar refractivity (Wildman–Crippen MR) is 95.5 cm³/mol. The Balaban J connectivity index is 1.72. The molecule has 2 aliphatic rings. The van der Waals surface area contributed by atoms with Crippen molar-refractivity contribution in [1.29, 1.82) is 0 Å². The van der Waals surface area contributed by atoms with Gasteiger partial charge in [-0.05, 0) is 32.6 Å². The lowest BCUT2D eigenvalue weighted by molar-refractivity contribution is -0.139. The fourth-order valence-corrected chi connectivity index (χ4v) is 3.61. The predicted octanol–water partition coefficient (Wildman–Crippen LogP) is 0.856. The zero-order valence-corrected chi connectivity index (χ0v) is 15.9. The summed E-state index contributed by atoms with van der Waals surface area (Å²) >= 11 is 0. The summed E-state index contributed by atoms with van der Waals surface area (Å²) in [4.78, 5) is 40.0. The van der Waals surface area contributed by atoms with Crippen molar-refractivity contribution in [1.82, 2.24) is 15.1 Å². The third-order valence-electron chi connectivity index (χ3n) is 5.17. The molecule has 0 aromatic heterocycles. The van der Waals surface area contributed by atoms with E-state index in [0.717, 1.165) is 25.7 Å². The molecule has 148 valence electrons. The second kappa shape index (κ2) is 10.4. The summed E-state index contributed by atoms with van der Waals surface area (Å²) in [6.07, 6.45) is 2.69. The van der Waals surface area contributed by atoms with E-state index in [1.54, 1.807) is 18.9 Å². The van der Waals surface area contributed by atoms with Gasteiger partial charge in [-0.15, -0.1) is 0 Å². The first kappa shape index (κ1) is 20.5. The molecular formula is C18H31N3O5. The van der Waals surface area contributed by atoms with Crippen molar-refractivity contribution < 1.29 is 23.9 Å². The zero-order chi connectivity index (χ0) is 18.9. The molecular weight excluding hydrogens is 338 g/mol. The van der Waals surface area contributed by atoms with Crippen molar-refractivity contribution in [2.45, 2.75) is 32.6 Å². The monoisotopic (exact) mass is 369 g/mol. The smallest absolute Gasteiger partial charge is 0.409 e. The van der Waals surface area contributed by atoms with Crippen LogP contribution in [-0.4, -0.2) is 80.8 Å². The minimum Gasteiger partial charge on any atom is -0.450 e. The van der Waals surface area contributed by atoms with E-state index in [1.807, 2.05) is 4.90 Å². The van der Waals surface area contributed by atoms with Crippen LogP contribution in [0.5, 0.6) is 0 Å². The van der Waals surface area contributed by atoms with Gasteiger partial charge in [0.1, 0.15) is 0 Å². The summed E-state index contributed by atoms with van der Waals surface area (Å²) < 4.78 is 9.93. The lowest BCUT2D eigenvalue weighted by Crippen LogP contribution is -2.52. The minimum atomic E-state index is -0.306. The van der Waals surface area contributed by atoms with Gasteiger partial charge in [0.05, 0.1) is 13.2 Å². The van der Waals surface area contributed by atoms with Gasteiger partial charge in [-0.2, -0.15) is 0 Å². The van der Waals surface area contributed by atoms with Crippen LogP contribution >= 0.6 is 0 Å². The summed E-state index contributed by atoms with van der Waals surface area (Å²) in [5.41, 5.74) is 0. The largest absolute Gasteiger partial charge is 0.450 e. The van der Waals surface area contributed by atoms with Crippen molar-refractivity contribution in [3.05, 3.63) is 0 Å². The van der Waals surface area contributed by atoms with Gasteiger partial charge < -0.3 is 24.6 Å². The Bertz CT molecular complexity index is 483. The Morgan fingerprint density at radius 2 is 1.54 bits per heavy atom. The lowest BCUT2D eigenvalue weighted by atomic mass is 9.81. The van der Waals surface area contributed by atoms with Crippen LogP contribution in [-0.2, 0) is 19.1 Å². The zero-order valence-electron chi connectivity index (χ0n) is 15.9. The molecule has 2 fully saturated rings. The topological polar surface area (TPSA) is 88.2 Å². The minimum absolute atomic E-state index is 0.00318. The lowest BCUT2D eigenvalue weighted by Gasteiger charge is -2.37. The second-order valence-corrected chi connectivity index (χ2v) is 6.84. The van der Waals surface area contributed by atoms with E-state index in [2.05, 4.69) is 5.32 Å². The average molecular weight is 369 g/mol. The van der Waals surface area contributed by atoms with E-state index >= 15 is 0 Å². The van der Waals surface area contributed by atoms with Gasteiger partial charge in [-0.25, -0.2) is 4.79 Å². The SMILES string of the molecule is CCOC(=O)N1CCN(C(=O)C2CCC(C(=O)NCCOC)CC2)CC1. The maximum Gasteiger partial charge on any atom is 0.409 e. The van der Waals surface area contributed by atoms with Crippen LogP contribution in [0.1, 0.15) is 32.6 Å². The maximum absolute atomic E-state index is 12.7. The highest BCUT2D eigenvalue weighted by Crippen LogP contribution is 2.30. The van der Waals surface area contributed by atoms with E-state index < -0.39 is 0 Å². The number of carbonyl (C=O) groups excluding carboxylic acids is 3. The van der Waals surface area contributed by atoms with Gasteiger partial charge in [0.2, 0.25) is 11.8 Å². The number of carbonyl (C=O) groups is 3. The van der Waals surface area contributed by atoms with Gasteiger partial charge in [0.15, 0.2) is 0 Å². The van der Waals surface area contributed by atoms with Crippen LogP contribution < -0.4 is 5.32 Å². The third kappa shape index (κ3) is 5.59. The molecule has 0 spiro atoms. The first-order chi connectivity index (χ1) is 12.6. The van der Waals surface area contributed by atoms with Crippen molar-refractivity contribution in [3.8, 4) is 0 Å². The number of piperazine rings is 1. The summed E-state index contributed by atoms with van der Waals surface area (Å²) in [6.45, 7) is 5.32. The fraction of sp³-hybridized carbons (Fsp3) is 0.833. The molecule has 0 radical (unpaired) electrons. The number of ether oxygens (including phenoxy) is 2. The molecule has 1 aliphatic heterocycles. The number of hydrogen-bond acceptors (Lipinski definition) is 5. The molecule has 0 unspecified atom stereocenters. The van der Waals surface area contributed by atoms with Crippen LogP contribution in [0.4, 0.5) is 4.79 Å². The highest BCUT2D eigenvalue weighted by atomic mass is 16.6. The van der Waals surface area contributed by atoms with Crippen LogP contribution in [0.2, 0.25) is 0 Å². The van der Waals surface area contributed by atoms with Gasteiger partial charge in [0, 0.05) is 51.7 Å².